The summed E-state index contributed by atoms with van der Waals surface area (Å²) in [7, 11) is 1.53. The van der Waals surface area contributed by atoms with Gasteiger partial charge >= 0.3 is 5.97 Å². The average Bonchev–Trinajstić information content (AvgIpc) is 2.49. The molecule has 0 spiro atoms. The van der Waals surface area contributed by atoms with Crippen LogP contribution in [0.3, 0.4) is 0 Å². The maximum Gasteiger partial charge on any atom is 0.335 e. The maximum absolute atomic E-state index is 10.9. The summed E-state index contributed by atoms with van der Waals surface area (Å²) in [6, 6.07) is 12.0. The molecule has 2 aromatic carbocycles. The lowest BCUT2D eigenvalue weighted by molar-refractivity contribution is 0.0697. The fourth-order valence-electron chi connectivity index (χ4n) is 1.99. The Morgan fingerprint density at radius 2 is 2.10 bits per heavy atom. The van der Waals surface area contributed by atoms with Gasteiger partial charge in [0.05, 0.1) is 23.9 Å². The van der Waals surface area contributed by atoms with Gasteiger partial charge < -0.3 is 15.2 Å². The lowest BCUT2D eigenvalue weighted by Gasteiger charge is -2.14. The molecule has 0 aromatic heterocycles. The molecule has 0 fully saturated rings. The largest absolute Gasteiger partial charge is 0.495 e. The molecule has 0 atom stereocenters. The number of benzene rings is 2. The Bertz CT molecular complexity index is 733. The number of carboxylic acid groups (broad SMARTS) is 1. The molecule has 0 saturated heterocycles. The van der Waals surface area contributed by atoms with Crippen molar-refractivity contribution in [1.82, 2.24) is 0 Å². The third-order valence-electron chi connectivity index (χ3n) is 3.10. The van der Waals surface area contributed by atoms with Crippen molar-refractivity contribution in [3.63, 3.8) is 0 Å². The predicted molar refractivity (Wildman–Crippen MR) is 79.1 cm³/mol. The highest BCUT2D eigenvalue weighted by atomic mass is 16.5. The SMILES string of the molecule is COc1cccc(C#N)c1Nc1ccc(C(=O)O)cc1C. The van der Waals surface area contributed by atoms with Gasteiger partial charge in [-0.3, -0.25) is 0 Å². The third-order valence-corrected chi connectivity index (χ3v) is 3.10. The molecule has 0 aliphatic heterocycles. The highest BCUT2D eigenvalue weighted by Crippen LogP contribution is 2.32. The summed E-state index contributed by atoms with van der Waals surface area (Å²) in [5.74, 6) is -0.421. The molecule has 0 amide bonds. The van der Waals surface area contributed by atoms with Crippen molar-refractivity contribution in [1.29, 1.82) is 5.26 Å². The minimum absolute atomic E-state index is 0.221. The molecule has 2 N–H and O–H groups in total. The molecule has 2 aromatic rings. The van der Waals surface area contributed by atoms with E-state index in [0.717, 1.165) is 11.3 Å². The van der Waals surface area contributed by atoms with Crippen LogP contribution in [0.5, 0.6) is 5.75 Å². The van der Waals surface area contributed by atoms with E-state index in [1.54, 1.807) is 37.3 Å². The van der Waals surface area contributed by atoms with Crippen molar-refractivity contribution in [3.8, 4) is 11.8 Å². The van der Waals surface area contributed by atoms with Gasteiger partial charge in [-0.1, -0.05) is 6.07 Å². The monoisotopic (exact) mass is 282 g/mol. The molecule has 0 bridgehead atoms. The van der Waals surface area contributed by atoms with Crippen molar-refractivity contribution < 1.29 is 14.6 Å². The van der Waals surface area contributed by atoms with E-state index in [1.807, 2.05) is 0 Å². The van der Waals surface area contributed by atoms with E-state index in [4.69, 9.17) is 9.84 Å². The van der Waals surface area contributed by atoms with Gasteiger partial charge in [-0.15, -0.1) is 0 Å². The molecule has 0 heterocycles. The number of nitrogens with one attached hydrogen (secondary N) is 1. The highest BCUT2D eigenvalue weighted by molar-refractivity contribution is 5.89. The number of carboxylic acids is 1. The van der Waals surface area contributed by atoms with Gasteiger partial charge in [-0.2, -0.15) is 5.26 Å². The van der Waals surface area contributed by atoms with Crippen LogP contribution in [0.15, 0.2) is 36.4 Å². The van der Waals surface area contributed by atoms with Crippen LogP contribution in [0.25, 0.3) is 0 Å². The first-order valence-electron chi connectivity index (χ1n) is 6.25. The average molecular weight is 282 g/mol. The fraction of sp³-hybridized carbons (Fsp3) is 0.125. The van der Waals surface area contributed by atoms with Crippen molar-refractivity contribution in [2.45, 2.75) is 6.92 Å². The van der Waals surface area contributed by atoms with Crippen LogP contribution in [0.1, 0.15) is 21.5 Å². The Hall–Kier alpha value is -3.00. The van der Waals surface area contributed by atoms with Gasteiger partial charge in [-0.05, 0) is 42.8 Å². The van der Waals surface area contributed by atoms with E-state index < -0.39 is 5.97 Å². The van der Waals surface area contributed by atoms with Gasteiger partial charge in [0.2, 0.25) is 0 Å². The second-order valence-electron chi connectivity index (χ2n) is 4.45. The van der Waals surface area contributed by atoms with Crippen molar-refractivity contribution in [2.24, 2.45) is 0 Å². The zero-order valence-corrected chi connectivity index (χ0v) is 11.7. The Morgan fingerprint density at radius 1 is 1.33 bits per heavy atom. The molecule has 106 valence electrons. The van der Waals surface area contributed by atoms with Crippen LogP contribution in [0.4, 0.5) is 11.4 Å². The molecule has 0 saturated carbocycles. The Labute approximate surface area is 122 Å². The quantitative estimate of drug-likeness (QED) is 0.898. The lowest BCUT2D eigenvalue weighted by atomic mass is 10.1. The summed E-state index contributed by atoms with van der Waals surface area (Å²) >= 11 is 0. The minimum Gasteiger partial charge on any atom is -0.495 e. The van der Waals surface area contributed by atoms with Crippen LogP contribution in [0, 0.1) is 18.3 Å². The van der Waals surface area contributed by atoms with E-state index in [2.05, 4.69) is 11.4 Å². The highest BCUT2D eigenvalue weighted by Gasteiger charge is 2.11. The number of hydrogen-bond acceptors (Lipinski definition) is 4. The summed E-state index contributed by atoms with van der Waals surface area (Å²) in [5.41, 5.74) is 2.73. The molecule has 0 unspecified atom stereocenters. The van der Waals surface area contributed by atoms with Gasteiger partial charge in [-0.25, -0.2) is 4.79 Å². The Balaban J connectivity index is 2.44. The number of nitrogens with zero attached hydrogens (tertiary/aromatic N) is 1. The minimum atomic E-state index is -0.973. The normalized spacial score (nSPS) is 9.76. The number of para-hydroxylation sites is 1. The van der Waals surface area contributed by atoms with Gasteiger partial charge in [0.1, 0.15) is 11.8 Å². The zero-order valence-electron chi connectivity index (χ0n) is 11.7. The summed E-state index contributed by atoms with van der Waals surface area (Å²) in [6.07, 6.45) is 0. The van der Waals surface area contributed by atoms with Crippen LogP contribution < -0.4 is 10.1 Å². The summed E-state index contributed by atoms with van der Waals surface area (Å²) in [6.45, 7) is 1.80. The molecular weight excluding hydrogens is 268 g/mol. The number of hydrogen-bond donors (Lipinski definition) is 2. The molecule has 5 nitrogen and oxygen atoms in total. The molecule has 5 heteroatoms. The zero-order chi connectivity index (χ0) is 15.4. The molecular formula is C16H14N2O3. The van der Waals surface area contributed by atoms with E-state index in [-0.39, 0.29) is 5.56 Å². The Morgan fingerprint density at radius 3 is 2.67 bits per heavy atom. The lowest BCUT2D eigenvalue weighted by Crippen LogP contribution is -2.01. The predicted octanol–water partition coefficient (Wildman–Crippen LogP) is 3.32. The molecule has 0 aliphatic carbocycles. The second kappa shape index (κ2) is 5.97. The van der Waals surface area contributed by atoms with Gasteiger partial charge in [0.25, 0.3) is 0 Å². The van der Waals surface area contributed by atoms with Crippen LogP contribution in [0.2, 0.25) is 0 Å². The number of rotatable bonds is 4. The maximum atomic E-state index is 10.9. The summed E-state index contributed by atoms with van der Waals surface area (Å²) in [5, 5.41) is 21.3. The molecule has 2 rings (SSSR count). The van der Waals surface area contributed by atoms with E-state index in [1.165, 1.54) is 13.2 Å². The molecule has 0 aliphatic rings. The van der Waals surface area contributed by atoms with Crippen molar-refractivity contribution in [3.05, 3.63) is 53.1 Å². The van der Waals surface area contributed by atoms with Crippen molar-refractivity contribution in [2.75, 3.05) is 12.4 Å². The number of carbonyl (C=O) groups is 1. The van der Waals surface area contributed by atoms with Crippen molar-refractivity contribution >= 4 is 17.3 Å². The standard InChI is InChI=1S/C16H14N2O3/c1-10-8-11(16(19)20)6-7-13(10)18-15-12(9-17)4-3-5-14(15)21-2/h3-8,18H,1-2H3,(H,19,20). The first kappa shape index (κ1) is 14.4. The van der Waals surface area contributed by atoms with Gasteiger partial charge in [0, 0.05) is 5.69 Å². The number of aromatic carboxylic acids is 1. The summed E-state index contributed by atoms with van der Waals surface area (Å²) in [4.78, 5) is 10.9. The number of aryl methyl sites for hydroxylation is 1. The van der Waals surface area contributed by atoms with E-state index in [9.17, 15) is 10.1 Å². The number of ether oxygens (including phenoxy) is 1. The van der Waals surface area contributed by atoms with Crippen LogP contribution >= 0.6 is 0 Å². The van der Waals surface area contributed by atoms with Crippen LogP contribution in [-0.2, 0) is 0 Å². The van der Waals surface area contributed by atoms with E-state index in [0.29, 0.717) is 17.0 Å². The second-order valence-corrected chi connectivity index (χ2v) is 4.45. The number of nitriles is 1. The first-order chi connectivity index (χ1) is 10.1. The Kier molecular flexibility index (Phi) is 4.10. The van der Waals surface area contributed by atoms with E-state index >= 15 is 0 Å². The molecule has 0 radical (unpaired) electrons. The third kappa shape index (κ3) is 2.95. The van der Waals surface area contributed by atoms with Crippen LogP contribution in [-0.4, -0.2) is 18.2 Å². The molecule has 21 heavy (non-hydrogen) atoms. The first-order valence-corrected chi connectivity index (χ1v) is 6.25. The topological polar surface area (TPSA) is 82.3 Å². The number of methoxy groups -OCH3 is 1. The summed E-state index contributed by atoms with van der Waals surface area (Å²) < 4.78 is 5.25. The fourth-order valence-corrected chi connectivity index (χ4v) is 1.99. The van der Waals surface area contributed by atoms with Gasteiger partial charge in [0.15, 0.2) is 0 Å². The number of anilines is 2. The smallest absolute Gasteiger partial charge is 0.335 e.